The minimum Gasteiger partial charge on any atom is -0.399 e. The predicted molar refractivity (Wildman–Crippen MR) is 77.4 cm³/mol. The van der Waals surface area contributed by atoms with Gasteiger partial charge in [0.15, 0.2) is 6.16 Å². The Morgan fingerprint density at radius 2 is 1.44 bits per heavy atom. The quantitative estimate of drug-likeness (QED) is 0.655. The average Bonchev–Trinajstić information content (AvgIpc) is 2.36. The summed E-state index contributed by atoms with van der Waals surface area (Å²) in [4.78, 5) is 0. The van der Waals surface area contributed by atoms with Crippen molar-refractivity contribution < 1.29 is 4.57 Å². The molecule has 0 aliphatic heterocycles. The molecule has 0 spiro atoms. The monoisotopic (exact) mass is 259 g/mol. The van der Waals surface area contributed by atoms with Crippen molar-refractivity contribution in [2.75, 3.05) is 17.6 Å². The highest BCUT2D eigenvalue weighted by atomic mass is 31.1. The van der Waals surface area contributed by atoms with E-state index in [1.54, 1.807) is 0 Å². The summed E-state index contributed by atoms with van der Waals surface area (Å²) in [7, 11) is -0.349. The Bertz CT molecular complexity index is 511. The van der Waals surface area contributed by atoms with Crippen LogP contribution >= 0.6 is 8.46 Å². The number of nitrogen functional groups attached to an aromatic ring is 2. The Morgan fingerprint density at radius 3 is 1.83 bits per heavy atom. The molecule has 1 unspecified atom stereocenters. The summed E-state index contributed by atoms with van der Waals surface area (Å²) >= 11 is 0. The largest absolute Gasteiger partial charge is 0.399 e. The molecule has 0 amide bonds. The van der Waals surface area contributed by atoms with Crippen LogP contribution in [0, 0.1) is 0 Å². The summed E-state index contributed by atoms with van der Waals surface area (Å²) in [5.74, 6) is 0.0767. The van der Waals surface area contributed by atoms with E-state index in [1.807, 2.05) is 48.5 Å². The summed E-state index contributed by atoms with van der Waals surface area (Å²) < 4.78 is 11.0. The Balaban J connectivity index is 2.42. The highest BCUT2D eigenvalue weighted by Crippen LogP contribution is 2.29. The van der Waals surface area contributed by atoms with Gasteiger partial charge in [0.2, 0.25) is 0 Å². The van der Waals surface area contributed by atoms with E-state index in [9.17, 15) is 4.57 Å². The molecule has 92 valence electrons. The third-order valence-corrected chi connectivity index (χ3v) is 3.49. The van der Waals surface area contributed by atoms with Crippen LogP contribution in [-0.4, -0.2) is 6.16 Å². The lowest BCUT2D eigenvalue weighted by Crippen LogP contribution is -2.04. The molecule has 1 atom stereocenters. The van der Waals surface area contributed by atoms with E-state index in [4.69, 9.17) is 11.5 Å². The van der Waals surface area contributed by atoms with Crippen LogP contribution in [0.3, 0.4) is 0 Å². The highest BCUT2D eigenvalue weighted by molar-refractivity contribution is 7.23. The van der Waals surface area contributed by atoms with Gasteiger partial charge in [-0.3, -0.25) is 0 Å². The van der Waals surface area contributed by atoms with Gasteiger partial charge >= 0.3 is 8.46 Å². The van der Waals surface area contributed by atoms with Gasteiger partial charge in [0, 0.05) is 11.4 Å². The molecule has 0 bridgehead atoms. The molecule has 0 aliphatic rings. The van der Waals surface area contributed by atoms with Crippen LogP contribution in [0.1, 0.15) is 17.0 Å². The Labute approximate surface area is 108 Å². The first-order valence-corrected chi connectivity index (χ1v) is 6.88. The second-order valence-electron chi connectivity index (χ2n) is 4.24. The third-order valence-electron chi connectivity index (χ3n) is 2.91. The molecule has 3 nitrogen and oxygen atoms in total. The molecule has 4 heteroatoms. The van der Waals surface area contributed by atoms with Crippen LogP contribution in [0.25, 0.3) is 0 Å². The van der Waals surface area contributed by atoms with E-state index in [0.717, 1.165) is 22.5 Å². The van der Waals surface area contributed by atoms with E-state index >= 15 is 0 Å². The number of hydrogen-bond acceptors (Lipinski definition) is 3. The molecule has 0 fully saturated rings. The molecule has 2 rings (SSSR count). The van der Waals surface area contributed by atoms with Gasteiger partial charge in [-0.2, -0.15) is 0 Å². The van der Waals surface area contributed by atoms with Crippen molar-refractivity contribution in [1.82, 2.24) is 0 Å². The van der Waals surface area contributed by atoms with Crippen molar-refractivity contribution in [3.63, 3.8) is 0 Å². The maximum absolute atomic E-state index is 11.0. The fourth-order valence-electron chi connectivity index (χ4n) is 2.06. The topological polar surface area (TPSA) is 69.1 Å². The first-order chi connectivity index (χ1) is 8.70. The van der Waals surface area contributed by atoms with Crippen LogP contribution in [0.2, 0.25) is 0 Å². The standard InChI is InChI=1S/C14H15N2OP/c15-12-5-1-3-10(7-12)14(9-18-17)11-4-2-6-13(16)8-11/h1-8,14H,9,15-16H2/p+1. The van der Waals surface area contributed by atoms with Crippen molar-refractivity contribution in [1.29, 1.82) is 0 Å². The minimum atomic E-state index is -0.349. The lowest BCUT2D eigenvalue weighted by molar-refractivity contribution is 0.596. The highest BCUT2D eigenvalue weighted by Gasteiger charge is 2.18. The Morgan fingerprint density at radius 1 is 0.944 bits per heavy atom. The minimum absolute atomic E-state index is 0.0767. The zero-order valence-corrected chi connectivity index (χ0v) is 11.0. The zero-order chi connectivity index (χ0) is 13.0. The number of benzene rings is 2. The lowest BCUT2D eigenvalue weighted by Gasteiger charge is -2.13. The van der Waals surface area contributed by atoms with Crippen LogP contribution in [0.5, 0.6) is 0 Å². The molecule has 2 aromatic rings. The van der Waals surface area contributed by atoms with Gasteiger partial charge < -0.3 is 11.5 Å². The second-order valence-corrected chi connectivity index (χ2v) is 4.94. The molecule has 2 aromatic carbocycles. The fraction of sp³-hybridized carbons (Fsp3) is 0.143. The Kier molecular flexibility index (Phi) is 3.96. The molecular weight excluding hydrogens is 243 g/mol. The second kappa shape index (κ2) is 5.65. The SMILES string of the molecule is Nc1cccc(C(C[PH+]=O)c2cccc(N)c2)c1. The molecule has 4 N–H and O–H groups in total. The van der Waals surface area contributed by atoms with Crippen molar-refractivity contribution in [3.8, 4) is 0 Å². The van der Waals surface area contributed by atoms with Gasteiger partial charge in [0.25, 0.3) is 0 Å². The van der Waals surface area contributed by atoms with Gasteiger partial charge in [-0.1, -0.05) is 28.8 Å². The van der Waals surface area contributed by atoms with Crippen LogP contribution in [0.4, 0.5) is 11.4 Å². The summed E-state index contributed by atoms with van der Waals surface area (Å²) in [6, 6.07) is 15.4. The average molecular weight is 259 g/mol. The number of anilines is 2. The molecule has 0 saturated carbocycles. The summed E-state index contributed by atoms with van der Waals surface area (Å²) in [5.41, 5.74) is 15.2. The van der Waals surface area contributed by atoms with Crippen molar-refractivity contribution >= 4 is 19.8 Å². The molecule has 0 aliphatic carbocycles. The summed E-state index contributed by atoms with van der Waals surface area (Å²) in [5, 5.41) is 0. The van der Waals surface area contributed by atoms with E-state index in [-0.39, 0.29) is 14.4 Å². The maximum Gasteiger partial charge on any atom is 0.325 e. The molecule has 0 saturated heterocycles. The smallest absolute Gasteiger partial charge is 0.325 e. The first-order valence-electron chi connectivity index (χ1n) is 5.76. The van der Waals surface area contributed by atoms with Crippen LogP contribution in [0.15, 0.2) is 48.5 Å². The lowest BCUT2D eigenvalue weighted by atomic mass is 9.92. The van der Waals surface area contributed by atoms with Crippen LogP contribution < -0.4 is 11.5 Å². The van der Waals surface area contributed by atoms with Crippen molar-refractivity contribution in [3.05, 3.63) is 59.7 Å². The number of nitrogens with two attached hydrogens (primary N) is 2. The van der Waals surface area contributed by atoms with Gasteiger partial charge in [0.1, 0.15) is 0 Å². The van der Waals surface area contributed by atoms with Crippen molar-refractivity contribution in [2.45, 2.75) is 5.92 Å². The zero-order valence-electron chi connectivity index (χ0n) is 9.97. The van der Waals surface area contributed by atoms with E-state index < -0.39 is 0 Å². The number of hydrogen-bond donors (Lipinski definition) is 2. The molecular formula is C14H16N2OP+. The number of rotatable bonds is 4. The predicted octanol–water partition coefficient (Wildman–Crippen LogP) is 3.01. The first kappa shape index (κ1) is 12.6. The molecule has 18 heavy (non-hydrogen) atoms. The van der Waals surface area contributed by atoms with Gasteiger partial charge in [0.05, 0.1) is 5.92 Å². The summed E-state index contributed by atoms with van der Waals surface area (Å²) in [6.45, 7) is 0. The van der Waals surface area contributed by atoms with Gasteiger partial charge in [-0.15, -0.1) is 0 Å². The third kappa shape index (κ3) is 2.88. The van der Waals surface area contributed by atoms with Crippen molar-refractivity contribution in [2.24, 2.45) is 0 Å². The van der Waals surface area contributed by atoms with Gasteiger partial charge in [-0.25, -0.2) is 0 Å². The van der Waals surface area contributed by atoms with Gasteiger partial charge in [-0.05, 0) is 35.4 Å². The molecule has 0 aromatic heterocycles. The Hall–Kier alpha value is -1.86. The van der Waals surface area contributed by atoms with E-state index in [0.29, 0.717) is 6.16 Å². The maximum atomic E-state index is 11.0. The molecule has 0 radical (unpaired) electrons. The fourth-order valence-corrected chi connectivity index (χ4v) is 2.70. The van der Waals surface area contributed by atoms with E-state index in [1.165, 1.54) is 0 Å². The summed E-state index contributed by atoms with van der Waals surface area (Å²) in [6.07, 6.45) is 0.576. The van der Waals surface area contributed by atoms with Crippen LogP contribution in [-0.2, 0) is 4.57 Å². The van der Waals surface area contributed by atoms with E-state index in [2.05, 4.69) is 0 Å². The molecule has 0 heterocycles. The normalized spacial score (nSPS) is 10.9.